The second-order valence-corrected chi connectivity index (χ2v) is 8.89. The molecule has 28 heavy (non-hydrogen) atoms. The van der Waals surface area contributed by atoms with Crippen LogP contribution in [0.2, 0.25) is 0 Å². The first-order valence-corrected chi connectivity index (χ1v) is 11.3. The molecule has 1 fully saturated rings. The Labute approximate surface area is 173 Å². The van der Waals surface area contributed by atoms with Gasteiger partial charge in [-0.05, 0) is 50.2 Å². The maximum atomic E-state index is 12.4. The highest BCUT2D eigenvalue weighted by Crippen LogP contribution is 2.22. The second-order valence-electron chi connectivity index (χ2n) is 7.86. The van der Waals surface area contributed by atoms with Gasteiger partial charge in [0, 0.05) is 44.0 Å². The lowest BCUT2D eigenvalue weighted by Crippen LogP contribution is -2.48. The van der Waals surface area contributed by atoms with Gasteiger partial charge in [0.2, 0.25) is 5.91 Å². The van der Waals surface area contributed by atoms with E-state index in [2.05, 4.69) is 70.9 Å². The summed E-state index contributed by atoms with van der Waals surface area (Å²) in [6, 6.07) is 13.3. The van der Waals surface area contributed by atoms with E-state index in [1.807, 2.05) is 0 Å². The molecule has 1 aliphatic rings. The monoisotopic (exact) mass is 399 g/mol. The number of hydrogen-bond donors (Lipinski definition) is 1. The van der Waals surface area contributed by atoms with E-state index in [-0.39, 0.29) is 11.9 Å². The molecule has 1 aromatic carbocycles. The van der Waals surface area contributed by atoms with Gasteiger partial charge in [-0.15, -0.1) is 11.3 Å². The summed E-state index contributed by atoms with van der Waals surface area (Å²) in [5.74, 6) is 0.178. The molecular formula is C23H33N3OS. The minimum absolute atomic E-state index is 0.178. The number of carbonyl (C=O) groups is 1. The van der Waals surface area contributed by atoms with Crippen LogP contribution in [0.3, 0.4) is 0 Å². The van der Waals surface area contributed by atoms with Crippen LogP contribution in [-0.4, -0.2) is 55.5 Å². The maximum absolute atomic E-state index is 12.4. The predicted octanol–water partition coefficient (Wildman–Crippen LogP) is 3.87. The largest absolute Gasteiger partial charge is 0.354 e. The molecule has 0 bridgehead atoms. The van der Waals surface area contributed by atoms with Crippen molar-refractivity contribution in [3.63, 3.8) is 0 Å². The number of amides is 1. The van der Waals surface area contributed by atoms with E-state index in [1.54, 1.807) is 11.3 Å². The molecule has 1 saturated heterocycles. The van der Waals surface area contributed by atoms with Gasteiger partial charge >= 0.3 is 0 Å². The van der Waals surface area contributed by atoms with Gasteiger partial charge in [0.1, 0.15) is 0 Å². The number of nitrogens with zero attached hydrogens (tertiary/aromatic N) is 2. The summed E-state index contributed by atoms with van der Waals surface area (Å²) >= 11 is 1.80. The van der Waals surface area contributed by atoms with Crippen LogP contribution in [0.5, 0.6) is 0 Å². The van der Waals surface area contributed by atoms with Crippen molar-refractivity contribution in [3.8, 4) is 0 Å². The molecule has 1 aromatic heterocycles. The number of aryl methyl sites for hydroxylation is 2. The molecule has 0 aliphatic carbocycles. The van der Waals surface area contributed by atoms with Gasteiger partial charge in [-0.3, -0.25) is 9.69 Å². The summed E-state index contributed by atoms with van der Waals surface area (Å²) in [4.78, 5) is 18.7. The molecule has 4 nitrogen and oxygen atoms in total. The normalized spacial score (nSPS) is 16.8. The quantitative estimate of drug-likeness (QED) is 0.650. The number of piperazine rings is 1. The molecule has 1 aliphatic heterocycles. The fourth-order valence-corrected chi connectivity index (χ4v) is 4.47. The van der Waals surface area contributed by atoms with Crippen LogP contribution in [0.1, 0.15) is 41.3 Å². The van der Waals surface area contributed by atoms with Crippen LogP contribution in [0.25, 0.3) is 0 Å². The lowest BCUT2D eigenvalue weighted by molar-refractivity contribution is -0.121. The van der Waals surface area contributed by atoms with E-state index < -0.39 is 0 Å². The van der Waals surface area contributed by atoms with Crippen molar-refractivity contribution in [1.82, 2.24) is 15.1 Å². The van der Waals surface area contributed by atoms with Crippen LogP contribution in [0.15, 0.2) is 41.8 Å². The van der Waals surface area contributed by atoms with E-state index in [1.165, 1.54) is 16.0 Å². The van der Waals surface area contributed by atoms with Crippen LogP contribution in [0.4, 0.5) is 0 Å². The number of nitrogens with one attached hydrogen (secondary N) is 1. The number of hydrogen-bond acceptors (Lipinski definition) is 4. The van der Waals surface area contributed by atoms with E-state index >= 15 is 0 Å². The first-order valence-electron chi connectivity index (χ1n) is 10.4. The van der Waals surface area contributed by atoms with Gasteiger partial charge in [0.25, 0.3) is 0 Å². The molecule has 3 rings (SSSR count). The van der Waals surface area contributed by atoms with E-state index in [4.69, 9.17) is 0 Å². The smallest absolute Gasteiger partial charge is 0.220 e. The van der Waals surface area contributed by atoms with Crippen molar-refractivity contribution in [1.29, 1.82) is 0 Å². The lowest BCUT2D eigenvalue weighted by Gasteiger charge is -2.38. The van der Waals surface area contributed by atoms with Gasteiger partial charge in [0.15, 0.2) is 0 Å². The molecule has 1 amide bonds. The number of likely N-dealkylation sites (N-methyl/N-ethyl adjacent to an activating group) is 1. The predicted molar refractivity (Wildman–Crippen MR) is 118 cm³/mol. The third kappa shape index (κ3) is 6.43. The van der Waals surface area contributed by atoms with Gasteiger partial charge in [0.05, 0.1) is 6.04 Å². The molecule has 1 N–H and O–H groups in total. The number of thiophene rings is 1. The first kappa shape index (κ1) is 21.0. The lowest BCUT2D eigenvalue weighted by atomic mass is 10.0. The minimum atomic E-state index is 0.178. The average Bonchev–Trinajstić information content (AvgIpc) is 3.21. The molecule has 152 valence electrons. The number of rotatable bonds is 9. The Hall–Kier alpha value is -1.69. The highest BCUT2D eigenvalue weighted by Gasteiger charge is 2.24. The Bertz CT molecular complexity index is 706. The van der Waals surface area contributed by atoms with Crippen molar-refractivity contribution in [2.45, 2.75) is 38.6 Å². The SMILES string of the molecule is Cc1ccc(C(CNC(=O)CCCCc2cccs2)N2CCN(C)CC2)cc1. The highest BCUT2D eigenvalue weighted by molar-refractivity contribution is 7.09. The molecule has 0 radical (unpaired) electrons. The molecule has 2 aromatic rings. The van der Waals surface area contributed by atoms with Crippen LogP contribution in [0, 0.1) is 6.92 Å². The summed E-state index contributed by atoms with van der Waals surface area (Å²) in [6.07, 6.45) is 3.73. The van der Waals surface area contributed by atoms with Crippen molar-refractivity contribution >= 4 is 17.2 Å². The van der Waals surface area contributed by atoms with Crippen LogP contribution < -0.4 is 5.32 Å². The van der Waals surface area contributed by atoms with Gasteiger partial charge < -0.3 is 10.2 Å². The van der Waals surface area contributed by atoms with Crippen molar-refractivity contribution in [3.05, 3.63) is 57.8 Å². The third-order valence-corrected chi connectivity index (χ3v) is 6.53. The Balaban J connectivity index is 1.49. The van der Waals surface area contributed by atoms with Gasteiger partial charge in [-0.2, -0.15) is 0 Å². The zero-order valence-electron chi connectivity index (χ0n) is 17.2. The Morgan fingerprint density at radius 3 is 2.54 bits per heavy atom. The summed E-state index contributed by atoms with van der Waals surface area (Å²) < 4.78 is 0. The summed E-state index contributed by atoms with van der Waals surface area (Å²) in [5, 5.41) is 5.32. The zero-order valence-corrected chi connectivity index (χ0v) is 18.0. The van der Waals surface area contributed by atoms with Crippen LogP contribution >= 0.6 is 11.3 Å². The molecule has 2 heterocycles. The standard InChI is InChI=1S/C23H33N3OS/c1-19-9-11-20(12-10-19)22(26-15-13-25(2)14-16-26)18-24-23(27)8-4-3-6-21-7-5-17-28-21/h5,7,9-12,17,22H,3-4,6,8,13-16,18H2,1-2H3,(H,24,27). The minimum Gasteiger partial charge on any atom is -0.354 e. The molecular weight excluding hydrogens is 366 g/mol. The van der Waals surface area contributed by atoms with Gasteiger partial charge in [-0.25, -0.2) is 0 Å². The Morgan fingerprint density at radius 1 is 1.11 bits per heavy atom. The molecule has 0 spiro atoms. The zero-order chi connectivity index (χ0) is 19.8. The first-order chi connectivity index (χ1) is 13.6. The summed E-state index contributed by atoms with van der Waals surface area (Å²) in [7, 11) is 2.18. The van der Waals surface area contributed by atoms with E-state index in [9.17, 15) is 4.79 Å². The van der Waals surface area contributed by atoms with Crippen molar-refractivity contribution in [2.24, 2.45) is 0 Å². The van der Waals surface area contributed by atoms with E-state index in [0.717, 1.165) is 45.4 Å². The number of benzene rings is 1. The summed E-state index contributed by atoms with van der Waals surface area (Å²) in [6.45, 7) is 7.07. The third-order valence-electron chi connectivity index (χ3n) is 5.59. The summed E-state index contributed by atoms with van der Waals surface area (Å²) in [5.41, 5.74) is 2.57. The topological polar surface area (TPSA) is 35.6 Å². The second kappa shape index (κ2) is 10.7. The van der Waals surface area contributed by atoms with E-state index in [0.29, 0.717) is 13.0 Å². The molecule has 5 heteroatoms. The average molecular weight is 400 g/mol. The van der Waals surface area contributed by atoms with Gasteiger partial charge in [-0.1, -0.05) is 35.9 Å². The Morgan fingerprint density at radius 2 is 1.86 bits per heavy atom. The van der Waals surface area contributed by atoms with Crippen molar-refractivity contribution in [2.75, 3.05) is 39.8 Å². The molecule has 1 unspecified atom stereocenters. The molecule has 0 saturated carbocycles. The van der Waals surface area contributed by atoms with Crippen molar-refractivity contribution < 1.29 is 4.79 Å². The fourth-order valence-electron chi connectivity index (χ4n) is 3.72. The fraction of sp³-hybridized carbons (Fsp3) is 0.522. The van der Waals surface area contributed by atoms with Crippen LogP contribution in [-0.2, 0) is 11.2 Å². The Kier molecular flexibility index (Phi) is 8.07. The number of carbonyl (C=O) groups excluding carboxylic acids is 1. The maximum Gasteiger partial charge on any atom is 0.220 e. The number of unbranched alkanes of at least 4 members (excludes halogenated alkanes) is 1. The highest BCUT2D eigenvalue weighted by atomic mass is 32.1. The molecule has 1 atom stereocenters.